The number of anilines is 2. The average Bonchev–Trinajstić information content (AvgIpc) is 4.02. The number of ether oxygens (including phenoxy) is 3. The Balaban J connectivity index is 0.000000333. The SMILES string of the molecule is CNC(=O)c1cc(-c2ccc(NC)cc2)cn1C.CNC(C)(C)COC(C)(C)c1ccc(C2=CN3C(=O)c4cc(OC)c(OCCCC(=O)Nc5cc(C=O)n(C)c5)cc4N=CC3C2)cc1. The van der Waals surface area contributed by atoms with E-state index >= 15 is 0 Å². The van der Waals surface area contributed by atoms with Crippen LogP contribution in [-0.4, -0.2) is 97.3 Å². The third kappa shape index (κ3) is 11.5. The molecule has 3 amide bonds. The number of nitrogens with zero attached hydrogens (tertiary/aromatic N) is 4. The average molecular weight is 899 g/mol. The van der Waals surface area contributed by atoms with Gasteiger partial charge in [-0.15, -0.1) is 0 Å². The molecule has 0 fully saturated rings. The molecule has 3 aromatic carbocycles. The smallest absolute Gasteiger partial charge is 0.267 e. The van der Waals surface area contributed by atoms with Crippen LogP contribution in [0.5, 0.6) is 11.5 Å². The third-order valence-electron chi connectivity index (χ3n) is 11.9. The highest BCUT2D eigenvalue weighted by atomic mass is 16.5. The van der Waals surface area contributed by atoms with Crippen LogP contribution >= 0.6 is 0 Å². The van der Waals surface area contributed by atoms with Crippen molar-refractivity contribution in [1.29, 1.82) is 0 Å². The molecule has 5 aromatic rings. The fourth-order valence-electron chi connectivity index (χ4n) is 7.48. The van der Waals surface area contributed by atoms with Crippen molar-refractivity contribution >= 4 is 52.9 Å². The van der Waals surface area contributed by atoms with Gasteiger partial charge in [0.2, 0.25) is 5.91 Å². The van der Waals surface area contributed by atoms with Crippen molar-refractivity contribution in [2.24, 2.45) is 19.1 Å². The molecule has 0 aliphatic carbocycles. The van der Waals surface area contributed by atoms with E-state index in [0.717, 1.165) is 39.8 Å². The van der Waals surface area contributed by atoms with Gasteiger partial charge in [-0.2, -0.15) is 0 Å². The maximum atomic E-state index is 13.8. The summed E-state index contributed by atoms with van der Waals surface area (Å²) in [5, 5.41) is 11.8. The second-order valence-corrected chi connectivity index (χ2v) is 17.5. The van der Waals surface area contributed by atoms with Gasteiger partial charge in [-0.3, -0.25) is 24.2 Å². The summed E-state index contributed by atoms with van der Waals surface area (Å²) in [5.74, 6) is 0.432. The Hall–Kier alpha value is -6.97. The van der Waals surface area contributed by atoms with Crippen molar-refractivity contribution in [2.45, 2.75) is 64.1 Å². The predicted molar refractivity (Wildman–Crippen MR) is 260 cm³/mol. The minimum absolute atomic E-state index is 0.0735. The van der Waals surface area contributed by atoms with Crippen molar-refractivity contribution in [3.63, 3.8) is 0 Å². The Labute approximate surface area is 387 Å². The Morgan fingerprint density at radius 1 is 0.864 bits per heavy atom. The number of aromatic nitrogens is 2. The number of aryl methyl sites for hydroxylation is 2. The minimum atomic E-state index is -0.458. The first-order chi connectivity index (χ1) is 31.5. The quantitative estimate of drug-likeness (QED) is 0.0535. The minimum Gasteiger partial charge on any atom is -0.493 e. The second kappa shape index (κ2) is 20.9. The summed E-state index contributed by atoms with van der Waals surface area (Å²) in [7, 11) is 10.6. The standard InChI is InChI=1S/C37H45N5O6.C14H17N3O/c1-36(2,38-5)23-48-37(3,4)26-12-10-24(11-13-26)25-15-28-19-39-31-18-33(32(46-7)17-30(31)35(45)42(28)20-25)47-14-8-9-34(44)40-27-16-29(22-43)41(6)21-27;1-15-12-6-4-10(5-7-12)11-8-13(14(18)16-2)17(3)9-11/h10-13,16-22,28,38H,8-9,14-15,23H2,1-7H3,(H,40,44);4-9,15H,1-3H3,(H,16,18). The molecule has 0 radical (unpaired) electrons. The molecule has 0 saturated heterocycles. The van der Waals surface area contributed by atoms with E-state index in [4.69, 9.17) is 14.2 Å². The van der Waals surface area contributed by atoms with E-state index in [-0.39, 0.29) is 42.3 Å². The first-order valence-electron chi connectivity index (χ1n) is 21.9. The number of benzene rings is 3. The second-order valence-electron chi connectivity index (χ2n) is 17.5. The van der Waals surface area contributed by atoms with Gasteiger partial charge in [-0.05, 0) is 93.8 Å². The van der Waals surface area contributed by atoms with Gasteiger partial charge in [0.25, 0.3) is 11.8 Å². The van der Waals surface area contributed by atoms with E-state index in [9.17, 15) is 19.2 Å². The number of rotatable bonds is 17. The van der Waals surface area contributed by atoms with Gasteiger partial charge < -0.3 is 49.5 Å². The molecule has 0 spiro atoms. The van der Waals surface area contributed by atoms with Crippen LogP contribution < -0.4 is 30.7 Å². The lowest BCUT2D eigenvalue weighted by Gasteiger charge is -2.32. The number of carbonyl (C=O) groups excluding carboxylic acids is 4. The normalized spacial score (nSPS) is 14.3. The summed E-state index contributed by atoms with van der Waals surface area (Å²) in [4.78, 5) is 55.3. The number of nitrogens with one attached hydrogen (secondary N) is 4. The van der Waals surface area contributed by atoms with Crippen LogP contribution in [0.25, 0.3) is 16.7 Å². The Bertz CT molecular complexity index is 2600. The maximum Gasteiger partial charge on any atom is 0.267 e. The number of hydrogen-bond acceptors (Lipinski definition) is 10. The zero-order valence-corrected chi connectivity index (χ0v) is 39.6. The van der Waals surface area contributed by atoms with Crippen LogP contribution in [0.3, 0.4) is 0 Å². The predicted octanol–water partition coefficient (Wildman–Crippen LogP) is 7.96. The van der Waals surface area contributed by atoms with Gasteiger partial charge in [0, 0.05) is 88.7 Å². The first kappa shape index (κ1) is 48.5. The number of likely N-dealkylation sites (N-methyl/N-ethyl adjacent to an activating group) is 1. The summed E-state index contributed by atoms with van der Waals surface area (Å²) in [6, 6.07) is 23.1. The molecule has 2 aliphatic heterocycles. The van der Waals surface area contributed by atoms with Crippen LogP contribution in [0, 0.1) is 0 Å². The molecule has 7 rings (SSSR count). The maximum absolute atomic E-state index is 13.8. The van der Waals surface area contributed by atoms with E-state index in [1.165, 1.54) is 7.11 Å². The van der Waals surface area contributed by atoms with Gasteiger partial charge in [-0.1, -0.05) is 36.4 Å². The summed E-state index contributed by atoms with van der Waals surface area (Å²) in [6.45, 7) is 9.18. The molecular formula is C51H62N8O7. The molecule has 15 nitrogen and oxygen atoms in total. The summed E-state index contributed by atoms with van der Waals surface area (Å²) in [6.07, 6.45) is 9.41. The Morgan fingerprint density at radius 3 is 2.21 bits per heavy atom. The van der Waals surface area contributed by atoms with Crippen molar-refractivity contribution in [2.75, 3.05) is 52.1 Å². The molecule has 4 N–H and O–H groups in total. The highest BCUT2D eigenvalue weighted by Gasteiger charge is 2.34. The van der Waals surface area contributed by atoms with E-state index in [1.807, 2.05) is 74.7 Å². The zero-order chi connectivity index (χ0) is 47.8. The molecule has 4 heterocycles. The van der Waals surface area contributed by atoms with Gasteiger partial charge >= 0.3 is 0 Å². The van der Waals surface area contributed by atoms with Gasteiger partial charge in [0.05, 0.1) is 54.6 Å². The van der Waals surface area contributed by atoms with Crippen molar-refractivity contribution in [1.82, 2.24) is 24.7 Å². The third-order valence-corrected chi connectivity index (χ3v) is 11.9. The number of aliphatic imine (C=N–C) groups is 1. The van der Waals surface area contributed by atoms with Crippen LogP contribution in [0.4, 0.5) is 17.1 Å². The van der Waals surface area contributed by atoms with Crippen LogP contribution in [-0.2, 0) is 29.2 Å². The Morgan fingerprint density at radius 2 is 1.58 bits per heavy atom. The largest absolute Gasteiger partial charge is 0.493 e. The zero-order valence-electron chi connectivity index (χ0n) is 39.6. The molecule has 0 saturated carbocycles. The topological polar surface area (TPSA) is 170 Å². The van der Waals surface area contributed by atoms with Crippen molar-refractivity contribution in [3.8, 4) is 22.6 Å². The van der Waals surface area contributed by atoms with Gasteiger partial charge in [0.15, 0.2) is 17.8 Å². The highest BCUT2D eigenvalue weighted by Crippen LogP contribution is 2.40. The Kier molecular flexibility index (Phi) is 15.4. The number of aldehydes is 1. The van der Waals surface area contributed by atoms with Crippen molar-refractivity contribution < 1.29 is 33.4 Å². The highest BCUT2D eigenvalue weighted by molar-refractivity contribution is 6.05. The monoisotopic (exact) mass is 898 g/mol. The van der Waals surface area contributed by atoms with E-state index < -0.39 is 5.60 Å². The lowest BCUT2D eigenvalue weighted by atomic mass is 9.94. The number of fused-ring (bicyclic) bond motifs is 2. The molecule has 2 aliphatic rings. The van der Waals surface area contributed by atoms with Gasteiger partial charge in [0.1, 0.15) is 5.69 Å². The summed E-state index contributed by atoms with van der Waals surface area (Å²) < 4.78 is 21.3. The molecule has 66 heavy (non-hydrogen) atoms. The van der Waals surface area contributed by atoms with Crippen LogP contribution in [0.15, 0.2) is 96.4 Å². The fourth-order valence-corrected chi connectivity index (χ4v) is 7.48. The number of hydrogen-bond donors (Lipinski definition) is 4. The number of amides is 3. The molecule has 1 atom stereocenters. The number of methoxy groups -OCH3 is 1. The van der Waals surface area contributed by atoms with Crippen molar-refractivity contribution in [3.05, 3.63) is 119 Å². The summed E-state index contributed by atoms with van der Waals surface area (Å²) in [5.41, 5.74) is 8.42. The fraction of sp³-hybridized carbons (Fsp3) is 0.353. The van der Waals surface area contributed by atoms with E-state index in [2.05, 4.69) is 78.2 Å². The van der Waals surface area contributed by atoms with Gasteiger partial charge in [-0.25, -0.2) is 0 Å². The molecule has 2 aromatic heterocycles. The molecule has 15 heteroatoms. The van der Waals surface area contributed by atoms with Crippen LogP contribution in [0.2, 0.25) is 0 Å². The molecule has 1 unspecified atom stereocenters. The number of carbonyl (C=O) groups is 4. The van der Waals surface area contributed by atoms with E-state index in [1.54, 1.807) is 48.0 Å². The van der Waals surface area contributed by atoms with Crippen LogP contribution in [0.1, 0.15) is 89.4 Å². The van der Waals surface area contributed by atoms with E-state index in [0.29, 0.717) is 59.3 Å². The molecule has 0 bridgehead atoms. The first-order valence-corrected chi connectivity index (χ1v) is 21.9. The molecular weight excluding hydrogens is 837 g/mol. The summed E-state index contributed by atoms with van der Waals surface area (Å²) >= 11 is 0. The molecule has 348 valence electrons. The lowest BCUT2D eigenvalue weighted by molar-refractivity contribution is -0.116. The lowest BCUT2D eigenvalue weighted by Crippen LogP contribution is -2.43.